The molecule has 7 nitrogen and oxygen atoms in total. The van der Waals surface area contributed by atoms with E-state index in [9.17, 15) is 14.4 Å². The zero-order valence-electron chi connectivity index (χ0n) is 18.6. The number of thioether (sulfide) groups is 1. The number of nitrogens with one attached hydrogen (secondary N) is 2. The predicted octanol–water partition coefficient (Wildman–Crippen LogP) is 4.93. The normalized spacial score (nSPS) is 11.5. The van der Waals surface area contributed by atoms with E-state index in [1.807, 2.05) is 49.4 Å². The minimum Gasteiger partial charge on any atom is -0.466 e. The highest BCUT2D eigenvalue weighted by Gasteiger charge is 2.17. The number of esters is 1. The summed E-state index contributed by atoms with van der Waals surface area (Å²) in [4.78, 5) is 41.6. The highest BCUT2D eigenvalue weighted by molar-refractivity contribution is 8.00. The fourth-order valence-corrected chi connectivity index (χ4v) is 4.46. The molecular formula is C24H25N3O4S2. The molecule has 0 aliphatic carbocycles. The van der Waals surface area contributed by atoms with Crippen molar-refractivity contribution in [2.24, 2.45) is 0 Å². The molecule has 9 heteroatoms. The summed E-state index contributed by atoms with van der Waals surface area (Å²) in [6.07, 6.45) is 0.0806. The smallest absolute Gasteiger partial charge is 0.311 e. The van der Waals surface area contributed by atoms with Gasteiger partial charge in [0, 0.05) is 21.5 Å². The van der Waals surface area contributed by atoms with E-state index in [4.69, 9.17) is 4.74 Å². The number of nitrogens with zero attached hydrogens (tertiary/aromatic N) is 1. The largest absolute Gasteiger partial charge is 0.466 e. The van der Waals surface area contributed by atoms with Crippen LogP contribution in [0.4, 0.5) is 10.8 Å². The van der Waals surface area contributed by atoms with Gasteiger partial charge in [0.25, 0.3) is 5.91 Å². The summed E-state index contributed by atoms with van der Waals surface area (Å²) in [5, 5.41) is 7.47. The van der Waals surface area contributed by atoms with Crippen molar-refractivity contribution in [3.8, 4) is 0 Å². The van der Waals surface area contributed by atoms with Crippen molar-refractivity contribution >= 4 is 51.7 Å². The lowest BCUT2D eigenvalue weighted by Crippen LogP contribution is -2.22. The third kappa shape index (κ3) is 7.44. The number of hydrogen-bond donors (Lipinski definition) is 2. The molecule has 3 aromatic rings. The van der Waals surface area contributed by atoms with Crippen LogP contribution in [-0.4, -0.2) is 34.6 Å². The van der Waals surface area contributed by atoms with Gasteiger partial charge in [0.15, 0.2) is 5.13 Å². The molecule has 1 unspecified atom stereocenters. The summed E-state index contributed by atoms with van der Waals surface area (Å²) in [7, 11) is 0. The van der Waals surface area contributed by atoms with Crippen molar-refractivity contribution in [1.82, 2.24) is 4.98 Å². The summed E-state index contributed by atoms with van der Waals surface area (Å²) in [5.41, 5.74) is 2.87. The van der Waals surface area contributed by atoms with Gasteiger partial charge in [-0.3, -0.25) is 14.4 Å². The Balaban J connectivity index is 1.51. The highest BCUT2D eigenvalue weighted by Crippen LogP contribution is 2.26. The number of benzene rings is 2. The lowest BCUT2D eigenvalue weighted by atomic mass is 10.1. The van der Waals surface area contributed by atoms with Gasteiger partial charge in [0.05, 0.1) is 24.0 Å². The number of aromatic nitrogens is 1. The number of anilines is 2. The molecule has 2 N–H and O–H groups in total. The Labute approximate surface area is 201 Å². The average molecular weight is 484 g/mol. The second kappa shape index (κ2) is 11.6. The van der Waals surface area contributed by atoms with Crippen LogP contribution in [0.25, 0.3) is 0 Å². The third-order valence-electron chi connectivity index (χ3n) is 4.49. The van der Waals surface area contributed by atoms with Crippen LogP contribution in [0.2, 0.25) is 0 Å². The van der Waals surface area contributed by atoms with Gasteiger partial charge in [-0.15, -0.1) is 23.1 Å². The van der Waals surface area contributed by atoms with E-state index in [1.54, 1.807) is 25.3 Å². The van der Waals surface area contributed by atoms with Gasteiger partial charge in [0.2, 0.25) is 5.91 Å². The minimum atomic E-state index is -0.366. The van der Waals surface area contributed by atoms with Crippen LogP contribution >= 0.6 is 23.1 Å². The molecule has 0 saturated carbocycles. The molecule has 1 heterocycles. The van der Waals surface area contributed by atoms with Crippen LogP contribution < -0.4 is 10.6 Å². The van der Waals surface area contributed by atoms with Gasteiger partial charge < -0.3 is 15.4 Å². The molecule has 0 aliphatic rings. The number of carbonyl (C=O) groups excluding carboxylic acids is 3. The lowest BCUT2D eigenvalue weighted by molar-refractivity contribution is -0.142. The molecule has 0 fully saturated rings. The van der Waals surface area contributed by atoms with Gasteiger partial charge in [-0.2, -0.15) is 0 Å². The molecule has 0 bridgehead atoms. The first kappa shape index (κ1) is 24.5. The van der Waals surface area contributed by atoms with Crippen molar-refractivity contribution in [3.63, 3.8) is 0 Å². The van der Waals surface area contributed by atoms with Crippen LogP contribution in [0.3, 0.4) is 0 Å². The standard InChI is InChI=1S/C24H25N3O4S2/c1-4-31-21(28)13-19-14-32-24(26-19)27-22(29)16(3)33-20-10-8-18(9-11-20)25-23(30)17-7-5-6-15(2)12-17/h5-12,14,16H,4,13H2,1-3H3,(H,25,30)(H,26,27,29). The molecule has 172 valence electrons. The molecule has 0 spiro atoms. The monoisotopic (exact) mass is 483 g/mol. The Kier molecular flexibility index (Phi) is 8.62. The Hall–Kier alpha value is -3.17. The lowest BCUT2D eigenvalue weighted by Gasteiger charge is -2.11. The number of rotatable bonds is 9. The van der Waals surface area contributed by atoms with Crippen molar-refractivity contribution in [1.29, 1.82) is 0 Å². The Morgan fingerprint density at radius 3 is 2.58 bits per heavy atom. The topological polar surface area (TPSA) is 97.4 Å². The summed E-state index contributed by atoms with van der Waals surface area (Å²) >= 11 is 2.67. The Morgan fingerprint density at radius 1 is 1.12 bits per heavy atom. The zero-order chi connectivity index (χ0) is 23.8. The maximum absolute atomic E-state index is 12.5. The van der Waals surface area contributed by atoms with Crippen LogP contribution in [0.5, 0.6) is 0 Å². The first-order valence-electron chi connectivity index (χ1n) is 10.4. The molecule has 2 amide bonds. The number of thiazole rings is 1. The van der Waals surface area contributed by atoms with E-state index in [1.165, 1.54) is 23.1 Å². The van der Waals surface area contributed by atoms with Crippen LogP contribution in [0.15, 0.2) is 58.8 Å². The highest BCUT2D eigenvalue weighted by atomic mass is 32.2. The van der Waals surface area contributed by atoms with Gasteiger partial charge in [-0.1, -0.05) is 17.7 Å². The van der Waals surface area contributed by atoms with Crippen LogP contribution in [0, 0.1) is 6.92 Å². The fraction of sp³-hybridized carbons (Fsp3) is 0.250. The van der Waals surface area contributed by atoms with Crippen molar-refractivity contribution in [3.05, 3.63) is 70.7 Å². The van der Waals surface area contributed by atoms with E-state index in [-0.39, 0.29) is 29.5 Å². The number of carbonyl (C=O) groups is 3. The van der Waals surface area contributed by atoms with E-state index in [0.29, 0.717) is 28.7 Å². The maximum Gasteiger partial charge on any atom is 0.311 e. The SMILES string of the molecule is CCOC(=O)Cc1csc(NC(=O)C(C)Sc2ccc(NC(=O)c3cccc(C)c3)cc2)n1. The maximum atomic E-state index is 12.5. The van der Waals surface area contributed by atoms with E-state index in [2.05, 4.69) is 15.6 Å². The zero-order valence-corrected chi connectivity index (χ0v) is 20.2. The number of ether oxygens (including phenoxy) is 1. The van der Waals surface area contributed by atoms with Gasteiger partial charge in [-0.05, 0) is 57.2 Å². The number of hydrogen-bond acceptors (Lipinski definition) is 7. The summed E-state index contributed by atoms with van der Waals surface area (Å²) in [6, 6.07) is 14.7. The molecule has 0 aliphatic heterocycles. The number of aryl methyl sites for hydroxylation is 1. The first-order valence-corrected chi connectivity index (χ1v) is 12.2. The predicted molar refractivity (Wildman–Crippen MR) is 132 cm³/mol. The van der Waals surface area contributed by atoms with Gasteiger partial charge in [-0.25, -0.2) is 4.98 Å². The van der Waals surface area contributed by atoms with Crippen LogP contribution in [0.1, 0.15) is 35.5 Å². The summed E-state index contributed by atoms with van der Waals surface area (Å²) in [5.74, 6) is -0.699. The van der Waals surface area contributed by atoms with E-state index >= 15 is 0 Å². The fourth-order valence-electron chi connectivity index (χ4n) is 2.88. The summed E-state index contributed by atoms with van der Waals surface area (Å²) < 4.78 is 4.91. The van der Waals surface area contributed by atoms with Crippen molar-refractivity contribution in [2.75, 3.05) is 17.2 Å². The molecule has 1 atom stereocenters. The minimum absolute atomic E-state index is 0.0806. The third-order valence-corrected chi connectivity index (χ3v) is 6.41. The molecular weight excluding hydrogens is 458 g/mol. The van der Waals surface area contributed by atoms with Crippen molar-refractivity contribution in [2.45, 2.75) is 37.3 Å². The molecule has 2 aromatic carbocycles. The van der Waals surface area contributed by atoms with Gasteiger partial charge in [0.1, 0.15) is 0 Å². The molecule has 0 radical (unpaired) electrons. The molecule has 0 saturated heterocycles. The average Bonchev–Trinajstić information content (AvgIpc) is 3.21. The van der Waals surface area contributed by atoms with Crippen molar-refractivity contribution < 1.29 is 19.1 Å². The van der Waals surface area contributed by atoms with Gasteiger partial charge >= 0.3 is 5.97 Å². The Bertz CT molecular complexity index is 1130. The molecule has 1 aromatic heterocycles. The van der Waals surface area contributed by atoms with E-state index in [0.717, 1.165) is 10.5 Å². The van der Waals surface area contributed by atoms with Crippen LogP contribution in [-0.2, 0) is 20.7 Å². The first-order chi connectivity index (χ1) is 15.8. The summed E-state index contributed by atoms with van der Waals surface area (Å²) in [6.45, 7) is 5.82. The molecule has 3 rings (SSSR count). The Morgan fingerprint density at radius 2 is 1.88 bits per heavy atom. The quantitative estimate of drug-likeness (QED) is 0.331. The van der Waals surface area contributed by atoms with E-state index < -0.39 is 0 Å². The number of amides is 2. The molecule has 33 heavy (non-hydrogen) atoms. The second-order valence-corrected chi connectivity index (χ2v) is 9.50. The second-order valence-electron chi connectivity index (χ2n) is 7.22.